The number of carbonyl (C=O) groups is 2. The minimum Gasteiger partial charge on any atom is -0.354 e. The van der Waals surface area contributed by atoms with Gasteiger partial charge in [-0.05, 0) is 50.2 Å². The van der Waals surface area contributed by atoms with Gasteiger partial charge in [0.1, 0.15) is 0 Å². The zero-order chi connectivity index (χ0) is 16.9. The monoisotopic (exact) mass is 349 g/mol. The summed E-state index contributed by atoms with van der Waals surface area (Å²) in [6.45, 7) is 6.51. The van der Waals surface area contributed by atoms with E-state index in [1.165, 1.54) is 12.8 Å². The van der Waals surface area contributed by atoms with Crippen LogP contribution >= 0.6 is 11.3 Å². The van der Waals surface area contributed by atoms with Crippen molar-refractivity contribution in [2.24, 2.45) is 5.92 Å². The van der Waals surface area contributed by atoms with Crippen LogP contribution in [0.2, 0.25) is 0 Å². The van der Waals surface area contributed by atoms with Gasteiger partial charge in [-0.1, -0.05) is 6.92 Å². The van der Waals surface area contributed by atoms with E-state index in [9.17, 15) is 9.59 Å². The van der Waals surface area contributed by atoms with Gasteiger partial charge in [-0.25, -0.2) is 0 Å². The molecule has 1 atom stereocenters. The molecule has 0 bridgehead atoms. The quantitative estimate of drug-likeness (QED) is 0.887. The van der Waals surface area contributed by atoms with Gasteiger partial charge in [0.25, 0.3) is 5.91 Å². The second kappa shape index (κ2) is 8.12. The molecule has 132 valence electrons. The molecule has 0 radical (unpaired) electrons. The number of likely N-dealkylation sites (tertiary alicyclic amines) is 2. The first-order valence-corrected chi connectivity index (χ1v) is 9.96. The highest BCUT2D eigenvalue weighted by molar-refractivity contribution is 7.08. The average Bonchev–Trinajstić information content (AvgIpc) is 3.30. The van der Waals surface area contributed by atoms with Gasteiger partial charge < -0.3 is 10.2 Å². The molecule has 1 unspecified atom stereocenters. The summed E-state index contributed by atoms with van der Waals surface area (Å²) in [7, 11) is 0. The van der Waals surface area contributed by atoms with Crippen molar-refractivity contribution in [2.75, 3.05) is 32.7 Å². The van der Waals surface area contributed by atoms with Gasteiger partial charge in [0, 0.05) is 37.0 Å². The Bertz CT molecular complexity index is 553. The zero-order valence-electron chi connectivity index (χ0n) is 14.4. The molecule has 1 aromatic rings. The van der Waals surface area contributed by atoms with Crippen LogP contribution in [0.3, 0.4) is 0 Å². The largest absolute Gasteiger partial charge is 0.354 e. The zero-order valence-corrected chi connectivity index (χ0v) is 15.2. The van der Waals surface area contributed by atoms with E-state index in [2.05, 4.69) is 17.1 Å². The van der Waals surface area contributed by atoms with E-state index in [1.54, 1.807) is 11.3 Å². The van der Waals surface area contributed by atoms with Crippen molar-refractivity contribution in [3.05, 3.63) is 22.4 Å². The average molecular weight is 350 g/mol. The predicted octanol–water partition coefficient (Wildman–Crippen LogP) is 2.20. The Morgan fingerprint density at radius 2 is 2.04 bits per heavy atom. The summed E-state index contributed by atoms with van der Waals surface area (Å²) >= 11 is 1.54. The molecule has 3 heterocycles. The van der Waals surface area contributed by atoms with Crippen LogP contribution in [-0.4, -0.2) is 60.4 Å². The number of thiophene rings is 1. The third-order valence-corrected chi connectivity index (χ3v) is 6.02. The first-order valence-electron chi connectivity index (χ1n) is 9.02. The molecule has 2 saturated heterocycles. The van der Waals surface area contributed by atoms with Gasteiger partial charge >= 0.3 is 0 Å². The lowest BCUT2D eigenvalue weighted by Gasteiger charge is -2.31. The first kappa shape index (κ1) is 17.4. The highest BCUT2D eigenvalue weighted by Crippen LogP contribution is 2.21. The Morgan fingerprint density at radius 3 is 2.71 bits per heavy atom. The van der Waals surface area contributed by atoms with Crippen molar-refractivity contribution in [3.63, 3.8) is 0 Å². The van der Waals surface area contributed by atoms with Crippen molar-refractivity contribution >= 4 is 23.2 Å². The van der Waals surface area contributed by atoms with Crippen LogP contribution in [0.15, 0.2) is 16.8 Å². The molecule has 0 aliphatic carbocycles. The summed E-state index contributed by atoms with van der Waals surface area (Å²) in [6, 6.07) is 2.37. The first-order chi connectivity index (χ1) is 11.7. The number of likely N-dealkylation sites (N-methyl/N-ethyl adjacent to an activating group) is 1. The summed E-state index contributed by atoms with van der Waals surface area (Å²) in [5.41, 5.74) is 0.767. The lowest BCUT2D eigenvalue weighted by molar-refractivity contribution is -0.126. The molecule has 2 aliphatic rings. The van der Waals surface area contributed by atoms with Crippen LogP contribution in [0.25, 0.3) is 0 Å². The van der Waals surface area contributed by atoms with Crippen molar-refractivity contribution in [3.8, 4) is 0 Å². The molecule has 0 spiro atoms. The summed E-state index contributed by atoms with van der Waals surface area (Å²) in [5, 5.41) is 6.97. The fraction of sp³-hybridized carbons (Fsp3) is 0.667. The maximum atomic E-state index is 12.4. The van der Waals surface area contributed by atoms with Crippen LogP contribution in [0, 0.1) is 5.92 Å². The molecule has 3 rings (SSSR count). The minimum absolute atomic E-state index is 0.0491. The van der Waals surface area contributed by atoms with E-state index < -0.39 is 0 Å². The van der Waals surface area contributed by atoms with Crippen molar-refractivity contribution in [1.29, 1.82) is 0 Å². The number of piperidine rings is 1. The lowest BCUT2D eigenvalue weighted by atomic mass is 9.95. The lowest BCUT2D eigenvalue weighted by Crippen LogP contribution is -2.45. The van der Waals surface area contributed by atoms with Gasteiger partial charge in [0.15, 0.2) is 0 Å². The molecule has 24 heavy (non-hydrogen) atoms. The van der Waals surface area contributed by atoms with E-state index in [1.807, 2.05) is 21.7 Å². The van der Waals surface area contributed by atoms with E-state index in [0.29, 0.717) is 19.1 Å². The molecule has 5 nitrogen and oxygen atoms in total. The van der Waals surface area contributed by atoms with Crippen LogP contribution in [-0.2, 0) is 4.79 Å². The SMILES string of the molecule is CCN1CCCC1CNC(=O)C1CCN(C(=O)c2ccsc2)CC1. The number of hydrogen-bond donors (Lipinski definition) is 1. The number of amides is 2. The fourth-order valence-electron chi connectivity index (χ4n) is 3.82. The molecule has 2 fully saturated rings. The fourth-order valence-corrected chi connectivity index (χ4v) is 4.45. The van der Waals surface area contributed by atoms with Crippen molar-refractivity contribution < 1.29 is 9.59 Å². The molecular formula is C18H27N3O2S. The minimum atomic E-state index is 0.0491. The van der Waals surface area contributed by atoms with E-state index in [-0.39, 0.29) is 17.7 Å². The number of nitrogens with zero attached hydrogens (tertiary/aromatic N) is 2. The second-order valence-electron chi connectivity index (χ2n) is 6.75. The Morgan fingerprint density at radius 1 is 1.25 bits per heavy atom. The summed E-state index contributed by atoms with van der Waals surface area (Å²) < 4.78 is 0. The Balaban J connectivity index is 1.43. The normalized spacial score (nSPS) is 22.7. The number of carbonyl (C=O) groups excluding carboxylic acids is 2. The van der Waals surface area contributed by atoms with Crippen LogP contribution in [0.4, 0.5) is 0 Å². The second-order valence-corrected chi connectivity index (χ2v) is 7.53. The van der Waals surface area contributed by atoms with Gasteiger partial charge in [-0.15, -0.1) is 0 Å². The highest BCUT2D eigenvalue weighted by atomic mass is 32.1. The van der Waals surface area contributed by atoms with E-state index in [0.717, 1.165) is 38.0 Å². The van der Waals surface area contributed by atoms with E-state index in [4.69, 9.17) is 0 Å². The topological polar surface area (TPSA) is 52.7 Å². The Labute approximate surface area is 148 Å². The van der Waals surface area contributed by atoms with Gasteiger partial charge in [0.2, 0.25) is 5.91 Å². The predicted molar refractivity (Wildman–Crippen MR) is 96.2 cm³/mol. The number of hydrogen-bond acceptors (Lipinski definition) is 4. The smallest absolute Gasteiger partial charge is 0.254 e. The third kappa shape index (κ3) is 3.98. The third-order valence-electron chi connectivity index (χ3n) is 5.34. The molecule has 2 aliphatic heterocycles. The summed E-state index contributed by atoms with van der Waals surface area (Å²) in [6.07, 6.45) is 3.95. The number of rotatable bonds is 5. The maximum Gasteiger partial charge on any atom is 0.254 e. The molecule has 0 aromatic carbocycles. The Kier molecular flexibility index (Phi) is 5.89. The van der Waals surface area contributed by atoms with E-state index >= 15 is 0 Å². The molecule has 2 amide bonds. The molecule has 6 heteroatoms. The van der Waals surface area contributed by atoms with Crippen LogP contribution < -0.4 is 5.32 Å². The van der Waals surface area contributed by atoms with Crippen LogP contribution in [0.1, 0.15) is 43.0 Å². The number of nitrogens with one attached hydrogen (secondary N) is 1. The maximum absolute atomic E-state index is 12.4. The molecule has 1 N–H and O–H groups in total. The van der Waals surface area contributed by atoms with Gasteiger partial charge in [-0.3, -0.25) is 14.5 Å². The molecule has 1 aromatic heterocycles. The summed E-state index contributed by atoms with van der Waals surface area (Å²) in [4.78, 5) is 29.1. The molecular weight excluding hydrogens is 322 g/mol. The summed E-state index contributed by atoms with van der Waals surface area (Å²) in [5.74, 6) is 0.313. The van der Waals surface area contributed by atoms with Gasteiger partial charge in [-0.2, -0.15) is 11.3 Å². The Hall–Kier alpha value is -1.40. The highest BCUT2D eigenvalue weighted by Gasteiger charge is 2.29. The van der Waals surface area contributed by atoms with Crippen LogP contribution in [0.5, 0.6) is 0 Å². The van der Waals surface area contributed by atoms with Gasteiger partial charge in [0.05, 0.1) is 5.56 Å². The molecule has 0 saturated carbocycles. The van der Waals surface area contributed by atoms with Crippen molar-refractivity contribution in [1.82, 2.24) is 15.1 Å². The standard InChI is InChI=1S/C18H27N3O2S/c1-2-20-8-3-4-16(20)12-19-17(22)14-5-9-21(10-6-14)18(23)15-7-11-24-13-15/h7,11,13-14,16H,2-6,8-10,12H2,1H3,(H,19,22). The van der Waals surface area contributed by atoms with Crippen molar-refractivity contribution in [2.45, 2.75) is 38.6 Å².